The molecule has 2 unspecified atom stereocenters. The van der Waals surface area contributed by atoms with E-state index in [4.69, 9.17) is 9.47 Å². The molecule has 0 radical (unpaired) electrons. The van der Waals surface area contributed by atoms with E-state index in [1.807, 2.05) is 37.3 Å². The lowest BCUT2D eigenvalue weighted by Crippen LogP contribution is -2.58. The number of hydrogen-bond donors (Lipinski definition) is 2. The molecule has 10 nitrogen and oxygen atoms in total. The number of fused-ring (bicyclic) bond motifs is 1. The van der Waals surface area contributed by atoms with Crippen LogP contribution in [0.25, 0.3) is 0 Å². The number of carbonyl (C=O) groups excluding carboxylic acids is 4. The van der Waals surface area contributed by atoms with Crippen LogP contribution in [0, 0.1) is 11.8 Å². The van der Waals surface area contributed by atoms with E-state index in [0.29, 0.717) is 37.8 Å². The molecule has 46 heavy (non-hydrogen) atoms. The molecule has 3 heterocycles. The number of halogens is 1. The van der Waals surface area contributed by atoms with E-state index in [-0.39, 0.29) is 54.7 Å². The van der Waals surface area contributed by atoms with E-state index in [1.54, 1.807) is 22.0 Å². The Morgan fingerprint density at radius 2 is 1.98 bits per heavy atom. The van der Waals surface area contributed by atoms with Crippen LogP contribution in [0.4, 0.5) is 0 Å². The van der Waals surface area contributed by atoms with Crippen molar-refractivity contribution in [3.63, 3.8) is 0 Å². The maximum atomic E-state index is 14.5. The van der Waals surface area contributed by atoms with Gasteiger partial charge in [-0.2, -0.15) is 0 Å². The first-order valence-electron chi connectivity index (χ1n) is 16.4. The summed E-state index contributed by atoms with van der Waals surface area (Å²) in [6.07, 6.45) is 5.70. The van der Waals surface area contributed by atoms with E-state index >= 15 is 0 Å². The van der Waals surface area contributed by atoms with Gasteiger partial charge >= 0.3 is 5.97 Å². The average molecular weight is 703 g/mol. The lowest BCUT2D eigenvalue weighted by molar-refractivity contribution is -0.160. The third kappa shape index (κ3) is 7.26. The van der Waals surface area contributed by atoms with Crippen molar-refractivity contribution in [1.29, 1.82) is 0 Å². The predicted octanol–water partition coefficient (Wildman–Crippen LogP) is 4.08. The molecular weight excluding hydrogens is 654 g/mol. The van der Waals surface area contributed by atoms with Crippen LogP contribution >= 0.6 is 15.9 Å². The highest BCUT2D eigenvalue weighted by Gasteiger charge is 2.77. The van der Waals surface area contributed by atoms with E-state index in [1.165, 1.54) is 0 Å². The predicted molar refractivity (Wildman–Crippen MR) is 178 cm³/mol. The molecular formula is C35H48BrN3O7. The van der Waals surface area contributed by atoms with Gasteiger partial charge in [0.1, 0.15) is 17.7 Å². The number of unbranched alkanes of at least 4 members (excludes halogenated alkanes) is 1. The minimum Gasteiger partial charge on any atom is -0.455 e. The van der Waals surface area contributed by atoms with Crippen LogP contribution in [0.3, 0.4) is 0 Å². The van der Waals surface area contributed by atoms with Crippen molar-refractivity contribution in [1.82, 2.24) is 15.1 Å². The van der Waals surface area contributed by atoms with Crippen LogP contribution in [0.1, 0.15) is 70.5 Å². The van der Waals surface area contributed by atoms with Gasteiger partial charge in [-0.05, 0) is 44.6 Å². The van der Waals surface area contributed by atoms with Gasteiger partial charge in [-0.25, -0.2) is 0 Å². The Labute approximate surface area is 280 Å². The van der Waals surface area contributed by atoms with Crippen molar-refractivity contribution in [2.75, 3.05) is 26.2 Å². The number of amides is 3. The van der Waals surface area contributed by atoms with Gasteiger partial charge in [0.15, 0.2) is 0 Å². The molecule has 0 aromatic heterocycles. The van der Waals surface area contributed by atoms with Crippen molar-refractivity contribution in [3.05, 3.63) is 61.2 Å². The van der Waals surface area contributed by atoms with Crippen LogP contribution in [0.2, 0.25) is 0 Å². The van der Waals surface area contributed by atoms with E-state index in [9.17, 15) is 24.3 Å². The molecule has 2 bridgehead atoms. The molecule has 8 atom stereocenters. The molecule has 1 aromatic rings. The Hall–Kier alpha value is -3.02. The summed E-state index contributed by atoms with van der Waals surface area (Å²) in [6, 6.07) is 8.14. The van der Waals surface area contributed by atoms with E-state index in [0.717, 1.165) is 12.8 Å². The molecule has 1 spiro atoms. The number of carbonyl (C=O) groups is 4. The van der Waals surface area contributed by atoms with Gasteiger partial charge in [-0.1, -0.05) is 71.8 Å². The third-order valence-electron chi connectivity index (χ3n) is 9.44. The molecule has 252 valence electrons. The summed E-state index contributed by atoms with van der Waals surface area (Å²) in [5.41, 5.74) is -0.516. The Bertz CT molecular complexity index is 1260. The Morgan fingerprint density at radius 1 is 1.24 bits per heavy atom. The summed E-state index contributed by atoms with van der Waals surface area (Å²) in [7, 11) is 0. The fraction of sp³-hybridized carbons (Fsp3) is 0.600. The minimum atomic E-state index is -1.22. The van der Waals surface area contributed by atoms with Gasteiger partial charge in [0.25, 0.3) is 0 Å². The molecule has 3 aliphatic heterocycles. The smallest absolute Gasteiger partial charge is 0.313 e. The van der Waals surface area contributed by atoms with Gasteiger partial charge in [-0.15, -0.1) is 13.2 Å². The molecule has 0 saturated carbocycles. The number of nitrogens with one attached hydrogen (secondary N) is 1. The lowest BCUT2D eigenvalue weighted by Gasteiger charge is -2.39. The SMILES string of the molecule is C=CCCC(=O)NC[C@H](OC(=O)[C@@H]1[C@H]2O[C@@]3(CC2Br)[C@H](C(=O)N(CC=C)C(C)CCC)N(CCCCO)C(=O)[C@@H]13)c1ccccc1. The summed E-state index contributed by atoms with van der Waals surface area (Å²) in [5.74, 6) is -3.18. The number of aliphatic hydroxyl groups is 1. The number of aliphatic hydroxyl groups excluding tert-OH is 1. The maximum Gasteiger partial charge on any atom is 0.313 e. The third-order valence-corrected chi connectivity index (χ3v) is 10.3. The highest BCUT2D eigenvalue weighted by molar-refractivity contribution is 9.09. The molecule has 1 aromatic carbocycles. The van der Waals surface area contributed by atoms with Gasteiger partial charge in [-0.3, -0.25) is 19.2 Å². The highest BCUT2D eigenvalue weighted by Crippen LogP contribution is 2.60. The topological polar surface area (TPSA) is 125 Å². The second-order valence-corrected chi connectivity index (χ2v) is 13.7. The molecule has 3 amide bonds. The quantitative estimate of drug-likeness (QED) is 0.102. The fourth-order valence-electron chi connectivity index (χ4n) is 7.31. The van der Waals surface area contributed by atoms with E-state index in [2.05, 4.69) is 41.3 Å². The zero-order valence-electron chi connectivity index (χ0n) is 26.9. The standard InChI is InChI=1S/C35H48BrN3O7/c1-5-8-17-27(41)37-22-26(24-15-10-9-11-16-24)45-34(44)28-29-32(42)39(19-12-13-20-40)31(35(29)21-25(36)30(28)46-35)33(43)38(18-7-3)23(4)14-6-2/h5,7,9-11,15-16,23,25-26,28-31,40H,1,3,6,8,12-14,17-22H2,2,4H3,(H,37,41)/t23?,25?,26-,28-,29+,30-,31-,35+/m0/s1. The summed E-state index contributed by atoms with van der Waals surface area (Å²) < 4.78 is 12.8. The van der Waals surface area contributed by atoms with Crippen LogP contribution in [0.5, 0.6) is 0 Å². The van der Waals surface area contributed by atoms with Crippen LogP contribution < -0.4 is 5.32 Å². The van der Waals surface area contributed by atoms with Crippen molar-refractivity contribution < 1.29 is 33.8 Å². The molecule has 3 aliphatic rings. The number of allylic oxidation sites excluding steroid dienone is 1. The van der Waals surface area contributed by atoms with Crippen molar-refractivity contribution >= 4 is 39.6 Å². The number of rotatable bonds is 18. The monoisotopic (exact) mass is 701 g/mol. The Kier molecular flexibility index (Phi) is 12.6. The van der Waals surface area contributed by atoms with Crippen molar-refractivity contribution in [3.8, 4) is 0 Å². The normalized spacial score (nSPS) is 27.5. The maximum absolute atomic E-state index is 14.5. The number of benzene rings is 1. The van der Waals surface area contributed by atoms with Crippen LogP contribution in [-0.4, -0.2) is 93.5 Å². The molecule has 11 heteroatoms. The zero-order valence-corrected chi connectivity index (χ0v) is 28.5. The summed E-state index contributed by atoms with van der Waals surface area (Å²) in [4.78, 5) is 58.5. The van der Waals surface area contributed by atoms with Gasteiger partial charge in [0.2, 0.25) is 17.7 Å². The average Bonchev–Trinajstić information content (AvgIpc) is 3.64. The van der Waals surface area contributed by atoms with Crippen molar-refractivity contribution in [2.24, 2.45) is 11.8 Å². The summed E-state index contributed by atoms with van der Waals surface area (Å²) >= 11 is 3.72. The molecule has 3 saturated heterocycles. The summed E-state index contributed by atoms with van der Waals surface area (Å²) in [6.45, 7) is 12.2. The highest BCUT2D eigenvalue weighted by atomic mass is 79.9. The van der Waals surface area contributed by atoms with Gasteiger partial charge in [0, 0.05) is 37.0 Å². The Balaban J connectivity index is 1.66. The largest absolute Gasteiger partial charge is 0.455 e. The second kappa shape index (κ2) is 16.2. The van der Waals surface area contributed by atoms with Crippen LogP contribution in [-0.2, 0) is 28.7 Å². The number of hydrogen-bond acceptors (Lipinski definition) is 7. The minimum absolute atomic E-state index is 0.0344. The lowest BCUT2D eigenvalue weighted by atomic mass is 9.70. The molecule has 2 N–H and O–H groups in total. The summed E-state index contributed by atoms with van der Waals surface area (Å²) in [5, 5.41) is 12.3. The fourth-order valence-corrected chi connectivity index (χ4v) is 8.25. The van der Waals surface area contributed by atoms with E-state index < -0.39 is 41.7 Å². The van der Waals surface area contributed by atoms with Gasteiger partial charge < -0.3 is 29.7 Å². The molecule has 0 aliphatic carbocycles. The van der Waals surface area contributed by atoms with Crippen LogP contribution in [0.15, 0.2) is 55.6 Å². The second-order valence-electron chi connectivity index (χ2n) is 12.5. The molecule has 3 fully saturated rings. The van der Waals surface area contributed by atoms with Gasteiger partial charge in [0.05, 0.1) is 24.5 Å². The first-order chi connectivity index (χ1) is 22.1. The number of esters is 1. The number of nitrogens with zero attached hydrogens (tertiary/aromatic N) is 2. The first-order valence-corrected chi connectivity index (χ1v) is 17.3. The number of likely N-dealkylation sites (tertiary alicyclic amines) is 1. The first kappa shape index (κ1) is 35.8. The Morgan fingerprint density at radius 3 is 2.63 bits per heavy atom. The molecule has 4 rings (SSSR count). The number of ether oxygens (including phenoxy) is 2. The van der Waals surface area contributed by atoms with Crippen molar-refractivity contribution in [2.45, 2.75) is 93.5 Å². The number of alkyl halides is 1. The zero-order chi connectivity index (χ0) is 33.4.